The monoisotopic (exact) mass is 199 g/mol. The molecule has 1 saturated carbocycles. The number of hydrogen-bond donors (Lipinski definition) is 1. The first-order chi connectivity index (χ1) is 6.85. The predicted molar refractivity (Wildman–Crippen MR) is 55.3 cm³/mol. The molecule has 2 rings (SSSR count). The van der Waals surface area contributed by atoms with Crippen LogP contribution in [0.1, 0.15) is 19.3 Å². The van der Waals surface area contributed by atoms with E-state index in [4.69, 9.17) is 9.47 Å². The summed E-state index contributed by atoms with van der Waals surface area (Å²) in [7, 11) is 1.72. The molecule has 0 aromatic carbocycles. The zero-order chi connectivity index (χ0) is 9.86. The first-order valence-electron chi connectivity index (χ1n) is 5.62. The number of hydrogen-bond acceptors (Lipinski definition) is 3. The molecule has 2 atom stereocenters. The van der Waals surface area contributed by atoms with E-state index in [9.17, 15) is 0 Å². The SMILES string of the molecule is COCCOCC12CCC(CNC1)C2. The molecule has 2 aliphatic rings. The Morgan fingerprint density at radius 2 is 2.36 bits per heavy atom. The molecule has 2 unspecified atom stereocenters. The van der Waals surface area contributed by atoms with Gasteiger partial charge in [0.2, 0.25) is 0 Å². The maximum absolute atomic E-state index is 5.67. The maximum Gasteiger partial charge on any atom is 0.0700 e. The van der Waals surface area contributed by atoms with E-state index in [0.717, 1.165) is 25.7 Å². The maximum atomic E-state index is 5.67. The molecule has 2 fully saturated rings. The number of nitrogens with one attached hydrogen (secondary N) is 1. The summed E-state index contributed by atoms with van der Waals surface area (Å²) in [4.78, 5) is 0. The average Bonchev–Trinajstić information content (AvgIpc) is 2.50. The van der Waals surface area contributed by atoms with Crippen molar-refractivity contribution in [1.29, 1.82) is 0 Å². The molecule has 14 heavy (non-hydrogen) atoms. The molecule has 1 aliphatic heterocycles. The lowest BCUT2D eigenvalue weighted by Crippen LogP contribution is -2.42. The molecule has 0 radical (unpaired) electrons. The van der Waals surface area contributed by atoms with Crippen LogP contribution in [0, 0.1) is 11.3 Å². The molecule has 3 heteroatoms. The first kappa shape index (κ1) is 10.4. The minimum atomic E-state index is 0.455. The molecule has 3 nitrogen and oxygen atoms in total. The fraction of sp³-hybridized carbons (Fsp3) is 1.00. The van der Waals surface area contributed by atoms with Crippen molar-refractivity contribution in [2.45, 2.75) is 19.3 Å². The van der Waals surface area contributed by atoms with E-state index in [2.05, 4.69) is 5.32 Å². The molecule has 1 heterocycles. The van der Waals surface area contributed by atoms with Crippen molar-refractivity contribution < 1.29 is 9.47 Å². The molecule has 0 spiro atoms. The fourth-order valence-corrected chi connectivity index (χ4v) is 2.82. The Bertz CT molecular complexity index is 182. The van der Waals surface area contributed by atoms with Gasteiger partial charge in [-0.2, -0.15) is 0 Å². The van der Waals surface area contributed by atoms with Gasteiger partial charge >= 0.3 is 0 Å². The van der Waals surface area contributed by atoms with Crippen molar-refractivity contribution in [3.63, 3.8) is 0 Å². The Morgan fingerprint density at radius 3 is 3.21 bits per heavy atom. The van der Waals surface area contributed by atoms with Crippen LogP contribution >= 0.6 is 0 Å². The highest BCUT2D eigenvalue weighted by Gasteiger charge is 2.41. The third kappa shape index (κ3) is 2.27. The van der Waals surface area contributed by atoms with Gasteiger partial charge in [0.05, 0.1) is 19.8 Å². The van der Waals surface area contributed by atoms with Gasteiger partial charge in [0.15, 0.2) is 0 Å². The molecule has 0 aromatic heterocycles. The Balaban J connectivity index is 1.73. The Labute approximate surface area is 86.2 Å². The van der Waals surface area contributed by atoms with Gasteiger partial charge in [-0.1, -0.05) is 0 Å². The molecule has 82 valence electrons. The normalized spacial score (nSPS) is 36.2. The summed E-state index contributed by atoms with van der Waals surface area (Å²) in [6.07, 6.45) is 4.10. The topological polar surface area (TPSA) is 30.5 Å². The van der Waals surface area contributed by atoms with Crippen molar-refractivity contribution in [2.75, 3.05) is 40.0 Å². The Morgan fingerprint density at radius 1 is 1.43 bits per heavy atom. The highest BCUT2D eigenvalue weighted by molar-refractivity contribution is 4.95. The summed E-state index contributed by atoms with van der Waals surface area (Å²) >= 11 is 0. The van der Waals surface area contributed by atoms with Gasteiger partial charge in [0.25, 0.3) is 0 Å². The van der Waals surface area contributed by atoms with Crippen molar-refractivity contribution in [3.8, 4) is 0 Å². The number of fused-ring (bicyclic) bond motifs is 2. The van der Waals surface area contributed by atoms with Crippen molar-refractivity contribution in [2.24, 2.45) is 11.3 Å². The van der Waals surface area contributed by atoms with Crippen molar-refractivity contribution in [1.82, 2.24) is 5.32 Å². The van der Waals surface area contributed by atoms with Crippen LogP contribution in [0.2, 0.25) is 0 Å². The Kier molecular flexibility index (Phi) is 3.42. The molecule has 1 N–H and O–H groups in total. The summed E-state index contributed by atoms with van der Waals surface area (Å²) in [6.45, 7) is 4.74. The van der Waals surface area contributed by atoms with Gasteiger partial charge in [-0.05, 0) is 31.7 Å². The van der Waals surface area contributed by atoms with Crippen LogP contribution in [0.5, 0.6) is 0 Å². The molecular weight excluding hydrogens is 178 g/mol. The zero-order valence-electron chi connectivity index (χ0n) is 9.05. The number of methoxy groups -OCH3 is 1. The lowest BCUT2D eigenvalue weighted by molar-refractivity contribution is 0.0111. The van der Waals surface area contributed by atoms with E-state index in [1.54, 1.807) is 7.11 Å². The van der Waals surface area contributed by atoms with Crippen LogP contribution in [0.15, 0.2) is 0 Å². The summed E-state index contributed by atoms with van der Waals surface area (Å²) in [5.74, 6) is 0.912. The van der Waals surface area contributed by atoms with Gasteiger partial charge in [-0.25, -0.2) is 0 Å². The first-order valence-corrected chi connectivity index (χ1v) is 5.62. The zero-order valence-corrected chi connectivity index (χ0v) is 9.05. The second kappa shape index (κ2) is 4.60. The van der Waals surface area contributed by atoms with Crippen molar-refractivity contribution in [3.05, 3.63) is 0 Å². The quantitative estimate of drug-likeness (QED) is 0.671. The summed E-state index contributed by atoms with van der Waals surface area (Å²) < 4.78 is 10.6. The minimum Gasteiger partial charge on any atom is -0.382 e. The van der Waals surface area contributed by atoms with Crippen LogP contribution < -0.4 is 5.32 Å². The molecule has 1 saturated heterocycles. The highest BCUT2D eigenvalue weighted by Crippen LogP contribution is 2.43. The van der Waals surface area contributed by atoms with Gasteiger partial charge in [-0.3, -0.25) is 0 Å². The Hall–Kier alpha value is -0.120. The molecule has 0 amide bonds. The van der Waals surface area contributed by atoms with Crippen LogP contribution in [0.4, 0.5) is 0 Å². The van der Waals surface area contributed by atoms with Gasteiger partial charge in [-0.15, -0.1) is 0 Å². The smallest absolute Gasteiger partial charge is 0.0700 e. The summed E-state index contributed by atoms with van der Waals surface area (Å²) in [6, 6.07) is 0. The van der Waals surface area contributed by atoms with Gasteiger partial charge in [0.1, 0.15) is 0 Å². The van der Waals surface area contributed by atoms with Gasteiger partial charge in [0, 0.05) is 19.1 Å². The van der Waals surface area contributed by atoms with Crippen molar-refractivity contribution >= 4 is 0 Å². The number of piperidine rings is 1. The molecular formula is C11H21NO2. The average molecular weight is 199 g/mol. The summed E-state index contributed by atoms with van der Waals surface area (Å²) in [5.41, 5.74) is 0.455. The second-order valence-corrected chi connectivity index (χ2v) is 4.79. The van der Waals surface area contributed by atoms with E-state index >= 15 is 0 Å². The van der Waals surface area contributed by atoms with E-state index in [-0.39, 0.29) is 0 Å². The second-order valence-electron chi connectivity index (χ2n) is 4.79. The van der Waals surface area contributed by atoms with Crippen LogP contribution in [0.3, 0.4) is 0 Å². The number of rotatable bonds is 5. The van der Waals surface area contributed by atoms with Crippen LogP contribution in [-0.4, -0.2) is 40.0 Å². The largest absolute Gasteiger partial charge is 0.382 e. The summed E-state index contributed by atoms with van der Waals surface area (Å²) in [5, 5.41) is 3.52. The molecule has 2 bridgehead atoms. The lowest BCUT2D eigenvalue weighted by Gasteiger charge is -2.33. The van der Waals surface area contributed by atoms with E-state index in [1.165, 1.54) is 25.8 Å². The van der Waals surface area contributed by atoms with Gasteiger partial charge < -0.3 is 14.8 Å². The lowest BCUT2D eigenvalue weighted by atomic mass is 9.84. The van der Waals surface area contributed by atoms with E-state index in [1.807, 2.05) is 0 Å². The standard InChI is InChI=1S/C11H21NO2/c1-13-4-5-14-9-11-3-2-10(6-11)7-12-8-11/h10,12H,2-9H2,1H3. The van der Waals surface area contributed by atoms with E-state index in [0.29, 0.717) is 12.0 Å². The number of ether oxygens (including phenoxy) is 2. The third-order valence-corrected chi connectivity index (χ3v) is 3.58. The van der Waals surface area contributed by atoms with Crippen LogP contribution in [0.25, 0.3) is 0 Å². The third-order valence-electron chi connectivity index (χ3n) is 3.58. The van der Waals surface area contributed by atoms with Crippen LogP contribution in [-0.2, 0) is 9.47 Å². The molecule has 0 aromatic rings. The predicted octanol–water partition coefficient (Wildman–Crippen LogP) is 1.04. The van der Waals surface area contributed by atoms with E-state index < -0.39 is 0 Å². The fourth-order valence-electron chi connectivity index (χ4n) is 2.82. The molecule has 1 aliphatic carbocycles. The minimum absolute atomic E-state index is 0.455. The highest BCUT2D eigenvalue weighted by atomic mass is 16.5.